The number of aromatic nitrogens is 3. The van der Waals surface area contributed by atoms with Crippen LogP contribution in [0, 0.1) is 0 Å². The maximum absolute atomic E-state index is 6.78. The number of hydrogen-bond donors (Lipinski definition) is 0. The minimum atomic E-state index is 0.660. The average Bonchev–Trinajstić information content (AvgIpc) is 3.81. The molecule has 0 unspecified atom stereocenters. The van der Waals surface area contributed by atoms with Crippen LogP contribution in [0.4, 0.5) is 0 Å². The molecule has 0 spiro atoms. The van der Waals surface area contributed by atoms with Gasteiger partial charge in [0.05, 0.1) is 22.6 Å². The fourth-order valence-corrected chi connectivity index (χ4v) is 9.94. The molecule has 322 valence electrons. The van der Waals surface area contributed by atoms with Crippen LogP contribution in [0.1, 0.15) is 0 Å². The van der Waals surface area contributed by atoms with Crippen LogP contribution in [0.15, 0.2) is 253 Å². The van der Waals surface area contributed by atoms with E-state index < -0.39 is 0 Å². The van der Waals surface area contributed by atoms with E-state index in [2.05, 4.69) is 224 Å². The Labute approximate surface area is 399 Å². The first-order valence-electron chi connectivity index (χ1n) is 23.3. The summed E-state index contributed by atoms with van der Waals surface area (Å²) in [5.41, 5.74) is 18.1. The molecule has 10 aromatic carbocycles. The molecule has 0 aliphatic heterocycles. The molecule has 0 aliphatic rings. The van der Waals surface area contributed by atoms with Crippen LogP contribution in [0.5, 0.6) is 0 Å². The van der Waals surface area contributed by atoms with E-state index in [4.69, 9.17) is 19.4 Å². The van der Waals surface area contributed by atoms with Crippen molar-refractivity contribution >= 4 is 43.6 Å². The highest BCUT2D eigenvalue weighted by atomic mass is 16.3. The zero-order chi connectivity index (χ0) is 45.7. The van der Waals surface area contributed by atoms with Gasteiger partial charge in [-0.1, -0.05) is 200 Å². The predicted octanol–water partition coefficient (Wildman–Crippen LogP) is 17.4. The Morgan fingerprint density at radius 1 is 0.261 bits per heavy atom. The average molecular weight is 880 g/mol. The number of furan rings is 1. The molecule has 0 amide bonds. The van der Waals surface area contributed by atoms with Crippen LogP contribution in [0.2, 0.25) is 0 Å². The van der Waals surface area contributed by atoms with Gasteiger partial charge in [0.25, 0.3) is 0 Å². The SMILES string of the molecule is c1ccc(-c2ccc(-c3nc4ccccc4c4c(-c5cccc(-c6cc(-c7cc(-c8ccccc8)cc(-c8ccccc8)c7)nc(-c7ccccc7)n6)c5)c5c(cc34)oc3ccccc35)cc2)cc1. The molecular formula is C65H41N3O. The molecule has 13 rings (SSSR count). The Bertz CT molecular complexity index is 3980. The van der Waals surface area contributed by atoms with E-state index in [0.717, 1.165) is 122 Å². The van der Waals surface area contributed by atoms with Crippen molar-refractivity contribution in [2.75, 3.05) is 0 Å². The molecule has 0 aliphatic carbocycles. The van der Waals surface area contributed by atoms with Crippen molar-refractivity contribution < 1.29 is 4.42 Å². The summed E-state index contributed by atoms with van der Waals surface area (Å²) >= 11 is 0. The van der Waals surface area contributed by atoms with E-state index in [1.165, 1.54) is 5.56 Å². The molecule has 0 fully saturated rings. The Hall–Kier alpha value is -9.25. The van der Waals surface area contributed by atoms with Gasteiger partial charge in [0.1, 0.15) is 11.2 Å². The molecule has 13 aromatic rings. The lowest BCUT2D eigenvalue weighted by Gasteiger charge is -2.17. The largest absolute Gasteiger partial charge is 0.456 e. The van der Waals surface area contributed by atoms with Crippen LogP contribution in [0.25, 0.3) is 133 Å². The smallest absolute Gasteiger partial charge is 0.160 e. The molecule has 0 saturated heterocycles. The summed E-state index contributed by atoms with van der Waals surface area (Å²) in [5, 5.41) is 5.35. The van der Waals surface area contributed by atoms with Crippen molar-refractivity contribution in [1.29, 1.82) is 0 Å². The van der Waals surface area contributed by atoms with Gasteiger partial charge in [-0.15, -0.1) is 0 Å². The summed E-state index contributed by atoms with van der Waals surface area (Å²) in [5.74, 6) is 0.660. The van der Waals surface area contributed by atoms with Crippen LogP contribution in [-0.4, -0.2) is 15.0 Å². The normalized spacial score (nSPS) is 11.5. The summed E-state index contributed by atoms with van der Waals surface area (Å²) in [6, 6.07) is 87.5. The second-order valence-corrected chi connectivity index (χ2v) is 17.5. The first kappa shape index (κ1) is 40.1. The van der Waals surface area contributed by atoms with Crippen molar-refractivity contribution in [2.24, 2.45) is 0 Å². The van der Waals surface area contributed by atoms with E-state index in [1.807, 2.05) is 24.3 Å². The molecule has 0 saturated carbocycles. The summed E-state index contributed by atoms with van der Waals surface area (Å²) in [4.78, 5) is 16.1. The van der Waals surface area contributed by atoms with Crippen molar-refractivity contribution in [2.45, 2.75) is 0 Å². The second kappa shape index (κ2) is 16.9. The molecule has 0 N–H and O–H groups in total. The first-order valence-corrected chi connectivity index (χ1v) is 23.3. The number of benzene rings is 10. The lowest BCUT2D eigenvalue weighted by atomic mass is 9.88. The van der Waals surface area contributed by atoms with Crippen LogP contribution in [0.3, 0.4) is 0 Å². The maximum atomic E-state index is 6.78. The number of rotatable bonds is 8. The fraction of sp³-hybridized carbons (Fsp3) is 0. The van der Waals surface area contributed by atoms with Gasteiger partial charge in [-0.3, -0.25) is 0 Å². The minimum Gasteiger partial charge on any atom is -0.456 e. The second-order valence-electron chi connectivity index (χ2n) is 17.5. The number of nitrogens with zero attached hydrogens (tertiary/aromatic N) is 3. The highest BCUT2D eigenvalue weighted by Crippen LogP contribution is 2.47. The third-order valence-corrected chi connectivity index (χ3v) is 13.2. The molecular weight excluding hydrogens is 839 g/mol. The molecule has 0 radical (unpaired) electrons. The zero-order valence-corrected chi connectivity index (χ0v) is 37.4. The van der Waals surface area contributed by atoms with Crippen molar-refractivity contribution in [1.82, 2.24) is 15.0 Å². The zero-order valence-electron chi connectivity index (χ0n) is 37.4. The molecule has 3 heterocycles. The van der Waals surface area contributed by atoms with Gasteiger partial charge >= 0.3 is 0 Å². The molecule has 4 heteroatoms. The molecule has 69 heavy (non-hydrogen) atoms. The number of pyridine rings is 1. The standard InChI is InChI=1S/C65H41N3O/c1-5-18-42(19-6-1)45-32-34-46(35-33-45)64-55-40-60-63(54-29-14-16-31-59(54)69-60)61(62(55)53-28-13-15-30-56(53)66-64)49-27-17-26-48(36-49)57-41-58(68-65(67-57)47-24-11-4-12-25-47)52-38-50(43-20-7-2-8-21-43)37-51(39-52)44-22-9-3-10-23-44/h1-41H. The third kappa shape index (κ3) is 7.32. The van der Waals surface area contributed by atoms with Crippen molar-refractivity contribution in [3.05, 3.63) is 249 Å². The third-order valence-electron chi connectivity index (χ3n) is 13.2. The monoisotopic (exact) mass is 879 g/mol. The Morgan fingerprint density at radius 2 is 0.739 bits per heavy atom. The van der Waals surface area contributed by atoms with E-state index in [1.54, 1.807) is 0 Å². The molecule has 4 nitrogen and oxygen atoms in total. The summed E-state index contributed by atoms with van der Waals surface area (Å²) in [6.07, 6.45) is 0. The quantitative estimate of drug-likeness (QED) is 0.143. The van der Waals surface area contributed by atoms with Crippen molar-refractivity contribution in [3.63, 3.8) is 0 Å². The van der Waals surface area contributed by atoms with Gasteiger partial charge in [0.2, 0.25) is 0 Å². The summed E-state index contributed by atoms with van der Waals surface area (Å²) in [6.45, 7) is 0. The lowest BCUT2D eigenvalue weighted by molar-refractivity contribution is 0.669. The van der Waals surface area contributed by atoms with E-state index in [-0.39, 0.29) is 0 Å². The Kier molecular flexibility index (Phi) is 9.80. The number of hydrogen-bond acceptors (Lipinski definition) is 4. The van der Waals surface area contributed by atoms with Gasteiger partial charge in [-0.05, 0) is 87.5 Å². The van der Waals surface area contributed by atoms with Gasteiger partial charge in [-0.25, -0.2) is 15.0 Å². The number of para-hydroxylation sites is 2. The van der Waals surface area contributed by atoms with Crippen LogP contribution < -0.4 is 0 Å². The highest BCUT2D eigenvalue weighted by Gasteiger charge is 2.23. The van der Waals surface area contributed by atoms with Gasteiger partial charge in [0.15, 0.2) is 5.82 Å². The number of fused-ring (bicyclic) bond motifs is 6. The van der Waals surface area contributed by atoms with Gasteiger partial charge in [-0.2, -0.15) is 0 Å². The maximum Gasteiger partial charge on any atom is 0.160 e. The Morgan fingerprint density at radius 3 is 1.41 bits per heavy atom. The fourth-order valence-electron chi connectivity index (χ4n) is 9.94. The van der Waals surface area contributed by atoms with Crippen LogP contribution >= 0.6 is 0 Å². The first-order chi connectivity index (χ1) is 34.2. The van der Waals surface area contributed by atoms with Crippen molar-refractivity contribution in [3.8, 4) is 89.7 Å². The van der Waals surface area contributed by atoms with E-state index in [0.29, 0.717) is 5.82 Å². The van der Waals surface area contributed by atoms with Crippen LogP contribution in [-0.2, 0) is 0 Å². The predicted molar refractivity (Wildman–Crippen MR) is 286 cm³/mol. The lowest BCUT2D eigenvalue weighted by Crippen LogP contribution is -1.97. The summed E-state index contributed by atoms with van der Waals surface area (Å²) in [7, 11) is 0. The molecule has 0 atom stereocenters. The Balaban J connectivity index is 1.05. The molecule has 3 aromatic heterocycles. The van der Waals surface area contributed by atoms with E-state index in [9.17, 15) is 0 Å². The summed E-state index contributed by atoms with van der Waals surface area (Å²) < 4.78 is 6.78. The van der Waals surface area contributed by atoms with E-state index >= 15 is 0 Å². The molecule has 0 bridgehead atoms. The van der Waals surface area contributed by atoms with Gasteiger partial charge in [0, 0.05) is 54.7 Å². The highest BCUT2D eigenvalue weighted by molar-refractivity contribution is 6.27. The topological polar surface area (TPSA) is 51.8 Å². The van der Waals surface area contributed by atoms with Gasteiger partial charge < -0.3 is 4.42 Å². The minimum absolute atomic E-state index is 0.660.